The molecule has 4 rings (SSSR count). The van der Waals surface area contributed by atoms with Crippen molar-refractivity contribution in [2.45, 2.75) is 53.6 Å². The molecule has 10 nitrogen and oxygen atoms in total. The number of ether oxygens (including phenoxy) is 2. The second-order valence-corrected chi connectivity index (χ2v) is 10.1. The highest BCUT2D eigenvalue weighted by molar-refractivity contribution is 6.00. The fourth-order valence-corrected chi connectivity index (χ4v) is 4.34. The van der Waals surface area contributed by atoms with Gasteiger partial charge in [-0.2, -0.15) is 5.10 Å². The van der Waals surface area contributed by atoms with Crippen LogP contribution >= 0.6 is 0 Å². The number of hydrogen-bond donors (Lipinski definition) is 3. The maximum Gasteiger partial charge on any atom is 0.324 e. The minimum Gasteiger partial charge on any atom is -0.489 e. The molecule has 0 aliphatic rings. The first-order chi connectivity index (χ1) is 20.3. The first kappa shape index (κ1) is 30.3. The molecule has 0 unspecified atom stereocenters. The molecule has 2 aromatic carbocycles. The van der Waals surface area contributed by atoms with Gasteiger partial charge in [0.15, 0.2) is 0 Å². The Morgan fingerprint density at radius 1 is 0.929 bits per heavy atom. The van der Waals surface area contributed by atoms with E-state index in [2.05, 4.69) is 27.9 Å². The molecule has 220 valence electrons. The molecule has 3 amide bonds. The zero-order chi connectivity index (χ0) is 30.1. The number of anilines is 3. The molecule has 0 aliphatic heterocycles. The predicted molar refractivity (Wildman–Crippen MR) is 165 cm³/mol. The van der Waals surface area contributed by atoms with E-state index in [0.717, 1.165) is 52.9 Å². The molecule has 0 saturated carbocycles. The number of aromatic nitrogens is 3. The average Bonchev–Trinajstić information content (AvgIpc) is 3.36. The summed E-state index contributed by atoms with van der Waals surface area (Å²) in [6.45, 7) is 8.30. The maximum atomic E-state index is 13.1. The van der Waals surface area contributed by atoms with Crippen LogP contribution in [0, 0.1) is 20.8 Å². The van der Waals surface area contributed by atoms with Crippen LogP contribution in [0.4, 0.5) is 22.1 Å². The molecule has 0 spiro atoms. The summed E-state index contributed by atoms with van der Waals surface area (Å²) in [4.78, 5) is 29.1. The number of benzene rings is 2. The van der Waals surface area contributed by atoms with Crippen LogP contribution in [-0.2, 0) is 22.6 Å². The Morgan fingerprint density at radius 2 is 1.71 bits per heavy atom. The van der Waals surface area contributed by atoms with Crippen molar-refractivity contribution >= 4 is 29.3 Å². The zero-order valence-electron chi connectivity index (χ0n) is 24.8. The molecule has 0 radical (unpaired) electrons. The average molecular weight is 571 g/mol. The summed E-state index contributed by atoms with van der Waals surface area (Å²) in [5.41, 5.74) is 6.28. The van der Waals surface area contributed by atoms with Crippen LogP contribution in [-0.4, -0.2) is 40.4 Å². The largest absolute Gasteiger partial charge is 0.489 e. The molecule has 0 saturated heterocycles. The standard InChI is InChI=1S/C32H38N6O4/c1-6-7-8-25-18-30(38(37-25)26-11-9-21(2)10-12-26)36-32(40)34-27-13-14-28(23(4)22(27)3)42-19-24-15-16-33-29(17-24)35-31(39)20-41-5/h9-18H,6-8,19-20H2,1-5H3,(H,33,35,39)(H2,34,36,40). The van der Waals surface area contributed by atoms with Crippen molar-refractivity contribution in [3.8, 4) is 11.4 Å². The van der Waals surface area contributed by atoms with Crippen molar-refractivity contribution in [1.82, 2.24) is 14.8 Å². The van der Waals surface area contributed by atoms with Gasteiger partial charge in [-0.15, -0.1) is 0 Å². The zero-order valence-corrected chi connectivity index (χ0v) is 24.8. The van der Waals surface area contributed by atoms with E-state index < -0.39 is 0 Å². The number of methoxy groups -OCH3 is 1. The van der Waals surface area contributed by atoms with E-state index in [0.29, 0.717) is 23.1 Å². The van der Waals surface area contributed by atoms with Gasteiger partial charge in [0.1, 0.15) is 30.6 Å². The van der Waals surface area contributed by atoms with Crippen LogP contribution in [0.2, 0.25) is 0 Å². The Labute approximate surface area is 246 Å². The topological polar surface area (TPSA) is 119 Å². The Kier molecular flexibility index (Phi) is 10.3. The van der Waals surface area contributed by atoms with E-state index in [1.54, 1.807) is 16.9 Å². The van der Waals surface area contributed by atoms with Crippen molar-refractivity contribution in [3.05, 3.63) is 88.7 Å². The molecule has 10 heteroatoms. The third-order valence-electron chi connectivity index (χ3n) is 6.81. The van der Waals surface area contributed by atoms with E-state index in [-0.39, 0.29) is 25.2 Å². The van der Waals surface area contributed by atoms with Crippen molar-refractivity contribution in [3.63, 3.8) is 0 Å². The molecule has 0 atom stereocenters. The molecular weight excluding hydrogens is 532 g/mol. The number of urea groups is 1. The van der Waals surface area contributed by atoms with Gasteiger partial charge in [0.2, 0.25) is 0 Å². The molecule has 0 aliphatic carbocycles. The van der Waals surface area contributed by atoms with Gasteiger partial charge in [0.05, 0.1) is 11.4 Å². The number of unbranched alkanes of at least 4 members (excludes halogenated alkanes) is 1. The summed E-state index contributed by atoms with van der Waals surface area (Å²) in [5.74, 6) is 1.45. The van der Waals surface area contributed by atoms with Gasteiger partial charge >= 0.3 is 6.03 Å². The molecule has 0 fully saturated rings. The van der Waals surface area contributed by atoms with Gasteiger partial charge in [-0.05, 0) is 86.7 Å². The van der Waals surface area contributed by atoms with Crippen LogP contribution < -0.4 is 20.7 Å². The van der Waals surface area contributed by atoms with Crippen LogP contribution in [0.5, 0.6) is 5.75 Å². The molecular formula is C32H38N6O4. The minimum atomic E-state index is -0.360. The van der Waals surface area contributed by atoms with Crippen molar-refractivity contribution in [1.29, 1.82) is 0 Å². The molecule has 2 heterocycles. The summed E-state index contributed by atoms with van der Waals surface area (Å²) >= 11 is 0. The van der Waals surface area contributed by atoms with E-state index >= 15 is 0 Å². The van der Waals surface area contributed by atoms with E-state index in [1.807, 2.05) is 69.3 Å². The third kappa shape index (κ3) is 7.94. The third-order valence-corrected chi connectivity index (χ3v) is 6.81. The minimum absolute atomic E-state index is 0.0460. The molecule has 3 N–H and O–H groups in total. The van der Waals surface area contributed by atoms with Gasteiger partial charge in [-0.3, -0.25) is 10.1 Å². The Bertz CT molecular complexity index is 1530. The SMILES string of the molecule is CCCCc1cc(NC(=O)Nc2ccc(OCc3ccnc(NC(=O)COC)c3)c(C)c2C)n(-c2ccc(C)cc2)n1. The number of amides is 3. The predicted octanol–water partition coefficient (Wildman–Crippen LogP) is 6.34. The Morgan fingerprint density at radius 3 is 2.45 bits per heavy atom. The second-order valence-electron chi connectivity index (χ2n) is 10.1. The first-order valence-corrected chi connectivity index (χ1v) is 14.0. The number of nitrogens with zero attached hydrogens (tertiary/aromatic N) is 3. The number of hydrogen-bond acceptors (Lipinski definition) is 6. The maximum absolute atomic E-state index is 13.1. The summed E-state index contributed by atoms with van der Waals surface area (Å²) in [6, 6.07) is 16.8. The number of carbonyl (C=O) groups is 2. The van der Waals surface area contributed by atoms with E-state index in [4.69, 9.17) is 14.6 Å². The highest BCUT2D eigenvalue weighted by atomic mass is 16.5. The van der Waals surface area contributed by atoms with Gasteiger partial charge < -0.3 is 20.1 Å². The van der Waals surface area contributed by atoms with Gasteiger partial charge in [-0.25, -0.2) is 14.5 Å². The normalized spacial score (nSPS) is 10.8. The Hall–Kier alpha value is -4.70. The monoisotopic (exact) mass is 570 g/mol. The number of aryl methyl sites for hydroxylation is 2. The molecule has 0 bridgehead atoms. The number of nitrogens with one attached hydrogen (secondary N) is 3. The quantitative estimate of drug-likeness (QED) is 0.183. The summed E-state index contributed by atoms with van der Waals surface area (Å²) in [7, 11) is 1.46. The number of rotatable bonds is 12. The lowest BCUT2D eigenvalue weighted by Gasteiger charge is -2.16. The lowest BCUT2D eigenvalue weighted by molar-refractivity contribution is -0.119. The van der Waals surface area contributed by atoms with E-state index in [9.17, 15) is 9.59 Å². The highest BCUT2D eigenvalue weighted by Gasteiger charge is 2.15. The molecule has 42 heavy (non-hydrogen) atoms. The first-order valence-electron chi connectivity index (χ1n) is 14.0. The second kappa shape index (κ2) is 14.3. The van der Waals surface area contributed by atoms with Crippen LogP contribution in [0.15, 0.2) is 60.8 Å². The van der Waals surface area contributed by atoms with Crippen molar-refractivity contribution < 1.29 is 19.1 Å². The van der Waals surface area contributed by atoms with Crippen LogP contribution in [0.1, 0.15) is 47.7 Å². The number of carbonyl (C=O) groups excluding carboxylic acids is 2. The number of pyridine rings is 1. The van der Waals surface area contributed by atoms with Gasteiger partial charge in [0.25, 0.3) is 5.91 Å². The fraction of sp³-hybridized carbons (Fsp3) is 0.312. The summed E-state index contributed by atoms with van der Waals surface area (Å²) < 4.78 is 12.7. The lowest BCUT2D eigenvalue weighted by Crippen LogP contribution is -2.22. The van der Waals surface area contributed by atoms with Crippen LogP contribution in [0.25, 0.3) is 5.69 Å². The van der Waals surface area contributed by atoms with Crippen molar-refractivity contribution in [2.75, 3.05) is 29.7 Å². The summed E-state index contributed by atoms with van der Waals surface area (Å²) in [6.07, 6.45) is 4.55. The summed E-state index contributed by atoms with van der Waals surface area (Å²) in [5, 5.41) is 13.4. The highest BCUT2D eigenvalue weighted by Crippen LogP contribution is 2.29. The lowest BCUT2D eigenvalue weighted by atomic mass is 10.1. The smallest absolute Gasteiger partial charge is 0.324 e. The molecule has 4 aromatic rings. The van der Waals surface area contributed by atoms with Gasteiger partial charge in [-0.1, -0.05) is 31.0 Å². The van der Waals surface area contributed by atoms with Crippen LogP contribution in [0.3, 0.4) is 0 Å². The fourth-order valence-electron chi connectivity index (χ4n) is 4.34. The van der Waals surface area contributed by atoms with Gasteiger partial charge in [0, 0.05) is 25.1 Å². The molecule has 2 aromatic heterocycles. The van der Waals surface area contributed by atoms with Crippen molar-refractivity contribution in [2.24, 2.45) is 0 Å². The Balaban J connectivity index is 1.43. The van der Waals surface area contributed by atoms with E-state index in [1.165, 1.54) is 7.11 Å².